The topological polar surface area (TPSA) is 56.1 Å². The predicted octanol–water partition coefficient (Wildman–Crippen LogP) is 2.63. The number of anilines is 1. The molecule has 1 aliphatic rings. The molecule has 0 bridgehead atoms. The van der Waals surface area contributed by atoms with Crippen molar-refractivity contribution in [3.63, 3.8) is 0 Å². The minimum atomic E-state index is -0.0582. The lowest BCUT2D eigenvalue weighted by Crippen LogP contribution is -2.27. The van der Waals surface area contributed by atoms with E-state index in [0.717, 1.165) is 30.2 Å². The van der Waals surface area contributed by atoms with Crippen LogP contribution in [-0.2, 0) is 17.6 Å². The molecular formula is C15H21N3OS. The van der Waals surface area contributed by atoms with Crippen LogP contribution in [0.1, 0.15) is 35.8 Å². The zero-order valence-electron chi connectivity index (χ0n) is 12.3. The van der Waals surface area contributed by atoms with E-state index in [1.807, 2.05) is 19.0 Å². The minimum absolute atomic E-state index is 0.0582. The van der Waals surface area contributed by atoms with Crippen molar-refractivity contribution in [3.05, 3.63) is 16.0 Å². The van der Waals surface area contributed by atoms with Crippen LogP contribution in [0, 0.1) is 17.2 Å². The highest BCUT2D eigenvalue weighted by atomic mass is 32.1. The second-order valence-electron chi connectivity index (χ2n) is 5.62. The number of amides is 1. The van der Waals surface area contributed by atoms with Crippen molar-refractivity contribution in [2.75, 3.05) is 26.0 Å². The first-order chi connectivity index (χ1) is 9.55. The van der Waals surface area contributed by atoms with E-state index in [9.17, 15) is 10.1 Å². The monoisotopic (exact) mass is 291 g/mol. The lowest BCUT2D eigenvalue weighted by atomic mass is 9.86. The number of likely N-dealkylation sites (N-methyl/N-ethyl adjacent to an activating group) is 1. The maximum atomic E-state index is 11.9. The van der Waals surface area contributed by atoms with E-state index in [1.54, 1.807) is 11.3 Å². The predicted molar refractivity (Wildman–Crippen MR) is 82.0 cm³/mol. The second-order valence-corrected chi connectivity index (χ2v) is 6.73. The van der Waals surface area contributed by atoms with Crippen molar-refractivity contribution in [2.24, 2.45) is 5.92 Å². The Morgan fingerprint density at radius 2 is 2.30 bits per heavy atom. The van der Waals surface area contributed by atoms with Crippen molar-refractivity contribution in [1.29, 1.82) is 5.26 Å². The second kappa shape index (κ2) is 6.38. The molecule has 0 radical (unpaired) electrons. The molecule has 20 heavy (non-hydrogen) atoms. The summed E-state index contributed by atoms with van der Waals surface area (Å²) < 4.78 is 0. The highest BCUT2D eigenvalue weighted by molar-refractivity contribution is 7.16. The fourth-order valence-electron chi connectivity index (χ4n) is 2.66. The molecule has 1 atom stereocenters. The van der Waals surface area contributed by atoms with Crippen molar-refractivity contribution in [1.82, 2.24) is 4.90 Å². The normalized spacial score (nSPS) is 17.6. The summed E-state index contributed by atoms with van der Waals surface area (Å²) >= 11 is 1.59. The highest BCUT2D eigenvalue weighted by Crippen LogP contribution is 2.39. The van der Waals surface area contributed by atoms with Gasteiger partial charge in [0.15, 0.2) is 0 Å². The van der Waals surface area contributed by atoms with E-state index in [0.29, 0.717) is 12.1 Å². The van der Waals surface area contributed by atoms with Gasteiger partial charge in [-0.05, 0) is 44.8 Å². The molecule has 1 heterocycles. The summed E-state index contributed by atoms with van der Waals surface area (Å²) in [6.45, 7) is 2.55. The Bertz CT molecular complexity index is 542. The third-order valence-corrected chi connectivity index (χ3v) is 4.94. The first-order valence-electron chi connectivity index (χ1n) is 7.04. The lowest BCUT2D eigenvalue weighted by molar-refractivity contribution is -0.116. The standard InChI is InChI=1S/C15H21N3OS/c1-4-10-5-6-11-12(8-16)15(20-13(11)7-10)17-14(19)9-18(2)3/h10H,4-7,9H2,1-3H3,(H,17,19)/t10-/m0/s1. The minimum Gasteiger partial charge on any atom is -0.315 e. The molecule has 0 saturated carbocycles. The summed E-state index contributed by atoms with van der Waals surface area (Å²) in [5, 5.41) is 13.0. The van der Waals surface area contributed by atoms with Crippen molar-refractivity contribution < 1.29 is 4.79 Å². The van der Waals surface area contributed by atoms with Crippen LogP contribution in [0.25, 0.3) is 0 Å². The average Bonchev–Trinajstić information content (AvgIpc) is 2.73. The summed E-state index contributed by atoms with van der Waals surface area (Å²) in [4.78, 5) is 15.0. The third-order valence-electron chi connectivity index (χ3n) is 3.77. The number of rotatable bonds is 4. The number of nitriles is 1. The highest BCUT2D eigenvalue weighted by Gasteiger charge is 2.25. The number of thiophene rings is 1. The molecule has 2 rings (SSSR count). The summed E-state index contributed by atoms with van der Waals surface area (Å²) in [6.07, 6.45) is 4.35. The van der Waals surface area contributed by atoms with E-state index in [2.05, 4.69) is 18.3 Å². The number of hydrogen-bond acceptors (Lipinski definition) is 4. The Labute approximate surface area is 124 Å². The van der Waals surface area contributed by atoms with Gasteiger partial charge in [-0.25, -0.2) is 0 Å². The lowest BCUT2D eigenvalue weighted by Gasteiger charge is -2.20. The number of nitrogens with zero attached hydrogens (tertiary/aromatic N) is 2. The smallest absolute Gasteiger partial charge is 0.239 e. The quantitative estimate of drug-likeness (QED) is 0.928. The Kier molecular flexibility index (Phi) is 4.79. The summed E-state index contributed by atoms with van der Waals surface area (Å²) in [5.41, 5.74) is 1.86. The maximum Gasteiger partial charge on any atom is 0.239 e. The zero-order chi connectivity index (χ0) is 14.7. The molecule has 1 amide bonds. The van der Waals surface area contributed by atoms with Crippen LogP contribution in [0.15, 0.2) is 0 Å². The fraction of sp³-hybridized carbons (Fsp3) is 0.600. The van der Waals surface area contributed by atoms with Crippen LogP contribution < -0.4 is 5.32 Å². The first-order valence-corrected chi connectivity index (χ1v) is 7.86. The van der Waals surface area contributed by atoms with Gasteiger partial charge in [0.05, 0.1) is 12.1 Å². The van der Waals surface area contributed by atoms with Crippen molar-refractivity contribution >= 4 is 22.2 Å². The Morgan fingerprint density at radius 1 is 1.55 bits per heavy atom. The largest absolute Gasteiger partial charge is 0.315 e. The number of nitrogens with one attached hydrogen (secondary N) is 1. The van der Waals surface area contributed by atoms with Gasteiger partial charge in [-0.3, -0.25) is 4.79 Å². The summed E-state index contributed by atoms with van der Waals surface area (Å²) in [7, 11) is 3.71. The molecule has 0 spiro atoms. The van der Waals surface area contributed by atoms with Crippen LogP contribution >= 0.6 is 11.3 Å². The molecule has 1 aliphatic carbocycles. The number of carbonyl (C=O) groups excluding carboxylic acids is 1. The van der Waals surface area contributed by atoms with Crippen LogP contribution in [0.5, 0.6) is 0 Å². The van der Waals surface area contributed by atoms with Gasteiger partial charge in [0.2, 0.25) is 5.91 Å². The van der Waals surface area contributed by atoms with Gasteiger partial charge in [0, 0.05) is 4.88 Å². The maximum absolute atomic E-state index is 11.9. The molecule has 0 unspecified atom stereocenters. The molecule has 0 aromatic carbocycles. The molecular weight excluding hydrogens is 270 g/mol. The molecule has 1 N–H and O–H groups in total. The van der Waals surface area contributed by atoms with Gasteiger partial charge in [0.25, 0.3) is 0 Å². The van der Waals surface area contributed by atoms with E-state index in [4.69, 9.17) is 0 Å². The Morgan fingerprint density at radius 3 is 2.90 bits per heavy atom. The molecule has 0 saturated heterocycles. The molecule has 5 heteroatoms. The average molecular weight is 291 g/mol. The van der Waals surface area contributed by atoms with Crippen LogP contribution in [0.2, 0.25) is 0 Å². The van der Waals surface area contributed by atoms with Crippen molar-refractivity contribution in [2.45, 2.75) is 32.6 Å². The third kappa shape index (κ3) is 3.20. The van der Waals surface area contributed by atoms with Crippen LogP contribution in [-0.4, -0.2) is 31.4 Å². The molecule has 0 aliphatic heterocycles. The number of carbonyl (C=O) groups is 1. The van der Waals surface area contributed by atoms with Gasteiger partial charge < -0.3 is 10.2 Å². The van der Waals surface area contributed by atoms with Crippen LogP contribution in [0.3, 0.4) is 0 Å². The van der Waals surface area contributed by atoms with E-state index < -0.39 is 0 Å². The van der Waals surface area contributed by atoms with E-state index in [1.165, 1.54) is 16.9 Å². The fourth-order valence-corrected chi connectivity index (χ4v) is 3.99. The Balaban J connectivity index is 2.21. The van der Waals surface area contributed by atoms with E-state index >= 15 is 0 Å². The SMILES string of the molecule is CC[C@H]1CCc2c(sc(NC(=O)CN(C)C)c2C#N)C1. The molecule has 1 aromatic rings. The first kappa shape index (κ1) is 15.0. The van der Waals surface area contributed by atoms with E-state index in [-0.39, 0.29) is 5.91 Å². The zero-order valence-corrected chi connectivity index (χ0v) is 13.1. The summed E-state index contributed by atoms with van der Waals surface area (Å²) in [6, 6.07) is 2.28. The molecule has 1 aromatic heterocycles. The Hall–Kier alpha value is -1.38. The number of fused-ring (bicyclic) bond motifs is 1. The van der Waals surface area contributed by atoms with Gasteiger partial charge in [-0.1, -0.05) is 13.3 Å². The molecule has 0 fully saturated rings. The van der Waals surface area contributed by atoms with Gasteiger partial charge in [0.1, 0.15) is 11.1 Å². The number of hydrogen-bond donors (Lipinski definition) is 1. The van der Waals surface area contributed by atoms with Gasteiger partial charge in [-0.15, -0.1) is 11.3 Å². The van der Waals surface area contributed by atoms with Gasteiger partial charge >= 0.3 is 0 Å². The molecule has 4 nitrogen and oxygen atoms in total. The van der Waals surface area contributed by atoms with Gasteiger partial charge in [-0.2, -0.15) is 5.26 Å². The summed E-state index contributed by atoms with van der Waals surface area (Å²) in [5.74, 6) is 0.662. The van der Waals surface area contributed by atoms with Crippen LogP contribution in [0.4, 0.5) is 5.00 Å². The van der Waals surface area contributed by atoms with Crippen molar-refractivity contribution in [3.8, 4) is 6.07 Å². The molecule has 108 valence electrons.